The highest BCUT2D eigenvalue weighted by molar-refractivity contribution is 6.30. The number of halogens is 1. The van der Waals surface area contributed by atoms with Crippen molar-refractivity contribution in [2.24, 2.45) is 5.73 Å². The van der Waals surface area contributed by atoms with Crippen LogP contribution in [0, 0.1) is 0 Å². The molecule has 0 bridgehead atoms. The molecule has 0 aliphatic carbocycles. The second kappa shape index (κ2) is 6.42. The second-order valence-corrected chi connectivity index (χ2v) is 5.63. The fourth-order valence-corrected chi connectivity index (χ4v) is 2.88. The number of benzene rings is 2. The maximum absolute atomic E-state index is 5.90. The van der Waals surface area contributed by atoms with Gasteiger partial charge in [0.05, 0.1) is 0 Å². The molecular formula is C18H19ClN2O. The molecule has 2 aromatic carbocycles. The molecule has 0 radical (unpaired) electrons. The summed E-state index contributed by atoms with van der Waals surface area (Å²) in [6.07, 6.45) is 2.15. The van der Waals surface area contributed by atoms with Crippen molar-refractivity contribution in [1.29, 1.82) is 0 Å². The van der Waals surface area contributed by atoms with Gasteiger partial charge in [-0.1, -0.05) is 23.7 Å². The van der Waals surface area contributed by atoms with Gasteiger partial charge >= 0.3 is 0 Å². The van der Waals surface area contributed by atoms with E-state index < -0.39 is 0 Å². The third kappa shape index (κ3) is 2.82. The molecule has 114 valence electrons. The van der Waals surface area contributed by atoms with Gasteiger partial charge in [-0.15, -0.1) is 0 Å². The van der Waals surface area contributed by atoms with E-state index in [1.165, 1.54) is 10.9 Å². The van der Waals surface area contributed by atoms with Crippen LogP contribution < -0.4 is 10.5 Å². The monoisotopic (exact) mass is 314 g/mol. The molecule has 3 rings (SSSR count). The summed E-state index contributed by atoms with van der Waals surface area (Å²) in [6.45, 7) is 4.10. The number of nitrogens with two attached hydrogens (primary N) is 1. The molecule has 0 fully saturated rings. The second-order valence-electron chi connectivity index (χ2n) is 5.20. The minimum atomic E-state index is 0.516. The van der Waals surface area contributed by atoms with E-state index in [0.29, 0.717) is 18.2 Å². The van der Waals surface area contributed by atoms with Crippen LogP contribution in [0.25, 0.3) is 10.9 Å². The van der Waals surface area contributed by atoms with Crippen LogP contribution >= 0.6 is 11.6 Å². The number of ether oxygens (including phenoxy) is 1. The Labute approximate surface area is 135 Å². The Morgan fingerprint density at radius 2 is 1.86 bits per heavy atom. The normalized spacial score (nSPS) is 11.0. The van der Waals surface area contributed by atoms with Gasteiger partial charge < -0.3 is 15.0 Å². The Morgan fingerprint density at radius 1 is 1.09 bits per heavy atom. The number of hydrogen-bond acceptors (Lipinski definition) is 2. The zero-order valence-electron chi connectivity index (χ0n) is 12.6. The molecule has 0 spiro atoms. The van der Waals surface area contributed by atoms with Gasteiger partial charge in [0, 0.05) is 40.8 Å². The maximum Gasteiger partial charge on any atom is 0.119 e. The molecule has 3 aromatic rings. The molecular weight excluding hydrogens is 296 g/mol. The van der Waals surface area contributed by atoms with Crippen molar-refractivity contribution in [3.63, 3.8) is 0 Å². The molecule has 1 aromatic heterocycles. The topological polar surface area (TPSA) is 40.2 Å². The van der Waals surface area contributed by atoms with Crippen molar-refractivity contribution in [1.82, 2.24) is 4.57 Å². The number of aryl methyl sites for hydroxylation is 1. The van der Waals surface area contributed by atoms with Crippen LogP contribution in [0.4, 0.5) is 0 Å². The summed E-state index contributed by atoms with van der Waals surface area (Å²) in [5.74, 6) is 0.812. The summed E-state index contributed by atoms with van der Waals surface area (Å²) in [4.78, 5) is 0. The fraction of sp³-hybridized carbons (Fsp3) is 0.222. The summed E-state index contributed by atoms with van der Waals surface area (Å²) in [7, 11) is 0. The first-order valence-corrected chi connectivity index (χ1v) is 7.78. The standard InChI is InChI=1S/C18H19ClN2O/c1-2-21-11-14(12-22-16-8-6-15(19)7-9-16)18-13(10-20)4-3-5-17(18)21/h3-9,11H,2,10,12,20H2,1H3. The van der Waals surface area contributed by atoms with Gasteiger partial charge in [-0.25, -0.2) is 0 Å². The predicted octanol–water partition coefficient (Wildman–Crippen LogP) is 4.35. The quantitative estimate of drug-likeness (QED) is 0.760. The molecule has 0 saturated heterocycles. The van der Waals surface area contributed by atoms with Gasteiger partial charge in [-0.3, -0.25) is 0 Å². The van der Waals surface area contributed by atoms with Crippen molar-refractivity contribution in [2.45, 2.75) is 26.6 Å². The highest BCUT2D eigenvalue weighted by Crippen LogP contribution is 2.27. The lowest BCUT2D eigenvalue weighted by atomic mass is 10.1. The molecule has 2 N–H and O–H groups in total. The summed E-state index contributed by atoms with van der Waals surface area (Å²) in [5.41, 5.74) is 9.42. The largest absolute Gasteiger partial charge is 0.489 e. The van der Waals surface area contributed by atoms with Crippen LogP contribution in [0.3, 0.4) is 0 Å². The molecule has 0 atom stereocenters. The van der Waals surface area contributed by atoms with Crippen LogP contribution in [0.5, 0.6) is 5.75 Å². The molecule has 4 heteroatoms. The lowest BCUT2D eigenvalue weighted by molar-refractivity contribution is 0.307. The van der Waals surface area contributed by atoms with Gasteiger partial charge in [-0.05, 0) is 42.8 Å². The Kier molecular flexibility index (Phi) is 4.36. The fourth-order valence-electron chi connectivity index (χ4n) is 2.75. The van der Waals surface area contributed by atoms with Crippen molar-refractivity contribution >= 4 is 22.5 Å². The highest BCUT2D eigenvalue weighted by atomic mass is 35.5. The lowest BCUT2D eigenvalue weighted by Gasteiger charge is -2.07. The summed E-state index contributed by atoms with van der Waals surface area (Å²) in [6, 6.07) is 13.7. The van der Waals surface area contributed by atoms with Crippen molar-refractivity contribution < 1.29 is 4.74 Å². The van der Waals surface area contributed by atoms with Crippen LogP contribution in [-0.4, -0.2) is 4.57 Å². The number of hydrogen-bond donors (Lipinski definition) is 1. The van der Waals surface area contributed by atoms with E-state index in [1.54, 1.807) is 0 Å². The minimum Gasteiger partial charge on any atom is -0.489 e. The first-order valence-electron chi connectivity index (χ1n) is 7.41. The Balaban J connectivity index is 1.94. The molecule has 0 aliphatic rings. The van der Waals surface area contributed by atoms with E-state index in [4.69, 9.17) is 22.1 Å². The van der Waals surface area contributed by atoms with Crippen LogP contribution in [0.2, 0.25) is 5.02 Å². The number of fused-ring (bicyclic) bond motifs is 1. The summed E-state index contributed by atoms with van der Waals surface area (Å²) in [5, 5.41) is 1.92. The molecule has 0 amide bonds. The van der Waals surface area contributed by atoms with E-state index in [1.807, 2.05) is 24.3 Å². The Hall–Kier alpha value is -1.97. The van der Waals surface area contributed by atoms with Crippen LogP contribution in [0.15, 0.2) is 48.7 Å². The minimum absolute atomic E-state index is 0.516. The van der Waals surface area contributed by atoms with E-state index >= 15 is 0 Å². The average Bonchev–Trinajstić information content (AvgIpc) is 2.92. The molecule has 1 heterocycles. The van der Waals surface area contributed by atoms with Gasteiger partial charge in [0.2, 0.25) is 0 Å². The Bertz CT molecular complexity index is 778. The van der Waals surface area contributed by atoms with Crippen LogP contribution in [-0.2, 0) is 19.7 Å². The molecule has 0 aliphatic heterocycles. The molecule has 3 nitrogen and oxygen atoms in total. The third-order valence-corrected chi connectivity index (χ3v) is 4.09. The van der Waals surface area contributed by atoms with E-state index in [0.717, 1.165) is 23.4 Å². The highest BCUT2D eigenvalue weighted by Gasteiger charge is 2.11. The number of nitrogens with zero attached hydrogens (tertiary/aromatic N) is 1. The third-order valence-electron chi connectivity index (χ3n) is 3.84. The number of rotatable bonds is 5. The average molecular weight is 315 g/mol. The van der Waals surface area contributed by atoms with Gasteiger partial charge in [0.15, 0.2) is 0 Å². The van der Waals surface area contributed by atoms with Crippen molar-refractivity contribution in [2.75, 3.05) is 0 Å². The lowest BCUT2D eigenvalue weighted by Crippen LogP contribution is -1.99. The van der Waals surface area contributed by atoms with Crippen molar-refractivity contribution in [3.8, 4) is 5.75 Å². The smallest absolute Gasteiger partial charge is 0.119 e. The first-order chi connectivity index (χ1) is 10.7. The summed E-state index contributed by atoms with van der Waals surface area (Å²) < 4.78 is 8.13. The predicted molar refractivity (Wildman–Crippen MR) is 91.3 cm³/mol. The van der Waals surface area contributed by atoms with Gasteiger partial charge in [0.25, 0.3) is 0 Å². The zero-order chi connectivity index (χ0) is 15.5. The molecule has 22 heavy (non-hydrogen) atoms. The SMILES string of the molecule is CCn1cc(COc2ccc(Cl)cc2)c2c(CN)cccc21. The van der Waals surface area contributed by atoms with Gasteiger partial charge in [-0.2, -0.15) is 0 Å². The summed E-state index contributed by atoms with van der Waals surface area (Å²) >= 11 is 5.90. The van der Waals surface area contributed by atoms with E-state index in [9.17, 15) is 0 Å². The first kappa shape index (κ1) is 14.9. The maximum atomic E-state index is 5.90. The Morgan fingerprint density at radius 3 is 2.55 bits per heavy atom. The molecule has 0 saturated carbocycles. The van der Waals surface area contributed by atoms with E-state index in [-0.39, 0.29) is 0 Å². The van der Waals surface area contributed by atoms with E-state index in [2.05, 4.69) is 35.9 Å². The van der Waals surface area contributed by atoms with Crippen molar-refractivity contribution in [3.05, 3.63) is 64.8 Å². The number of aromatic nitrogens is 1. The van der Waals surface area contributed by atoms with Gasteiger partial charge in [0.1, 0.15) is 12.4 Å². The zero-order valence-corrected chi connectivity index (χ0v) is 13.3. The molecule has 0 unspecified atom stereocenters. The van der Waals surface area contributed by atoms with Crippen LogP contribution in [0.1, 0.15) is 18.1 Å².